The van der Waals surface area contributed by atoms with Crippen LogP contribution in [-0.2, 0) is 0 Å². The Morgan fingerprint density at radius 1 is 1.25 bits per heavy atom. The molecule has 0 radical (unpaired) electrons. The molecule has 1 saturated heterocycles. The number of aromatic amines is 1. The Kier molecular flexibility index (Phi) is 3.98. The van der Waals surface area contributed by atoms with E-state index in [2.05, 4.69) is 41.3 Å². The number of nitrogens with zero attached hydrogens (tertiary/aromatic N) is 3. The van der Waals surface area contributed by atoms with Crippen LogP contribution in [0.15, 0.2) is 22.7 Å². The van der Waals surface area contributed by atoms with Crippen LogP contribution in [0.1, 0.15) is 6.42 Å². The molecule has 2 N–H and O–H groups in total. The summed E-state index contributed by atoms with van der Waals surface area (Å²) in [6, 6.07) is 4.88. The highest BCUT2D eigenvalue weighted by atomic mass is 79.9. The van der Waals surface area contributed by atoms with Crippen LogP contribution in [0, 0.1) is 5.82 Å². The number of aromatic nitrogens is 3. The maximum Gasteiger partial charge on any atom is 0.245 e. The Morgan fingerprint density at radius 2 is 2.15 bits per heavy atom. The standard InChI is InChI=1S/C13H15BrFN5/c14-11-9(3-1-4-10(11)15)12-17-13(19-18-12)20-7-2-5-16-6-8-20/h1,3-4,16H,2,5-8H2,(H,17,18,19). The molecule has 106 valence electrons. The predicted octanol–water partition coefficient (Wildman–Crippen LogP) is 2.17. The van der Waals surface area contributed by atoms with Crippen LogP contribution in [0.5, 0.6) is 0 Å². The van der Waals surface area contributed by atoms with E-state index in [1.54, 1.807) is 12.1 Å². The zero-order valence-electron chi connectivity index (χ0n) is 10.9. The first-order valence-corrected chi connectivity index (χ1v) is 7.37. The van der Waals surface area contributed by atoms with Crippen molar-refractivity contribution in [2.24, 2.45) is 0 Å². The summed E-state index contributed by atoms with van der Waals surface area (Å²) in [4.78, 5) is 6.61. The lowest BCUT2D eigenvalue weighted by Crippen LogP contribution is -2.28. The minimum absolute atomic E-state index is 0.306. The van der Waals surface area contributed by atoms with E-state index in [1.807, 2.05) is 0 Å². The maximum absolute atomic E-state index is 13.6. The number of halogens is 2. The Hall–Kier alpha value is -1.47. The van der Waals surface area contributed by atoms with Gasteiger partial charge in [0, 0.05) is 25.2 Å². The summed E-state index contributed by atoms with van der Waals surface area (Å²) in [5.74, 6) is 0.933. The van der Waals surface area contributed by atoms with E-state index >= 15 is 0 Å². The fourth-order valence-corrected chi connectivity index (χ4v) is 2.70. The Balaban J connectivity index is 1.87. The quantitative estimate of drug-likeness (QED) is 0.880. The lowest BCUT2D eigenvalue weighted by atomic mass is 10.2. The number of hydrogen-bond donors (Lipinski definition) is 2. The van der Waals surface area contributed by atoms with Crippen LogP contribution in [0.4, 0.5) is 10.3 Å². The number of nitrogens with one attached hydrogen (secondary N) is 2. The molecule has 0 amide bonds. The minimum atomic E-state index is -0.306. The van der Waals surface area contributed by atoms with Gasteiger partial charge in [-0.1, -0.05) is 6.07 Å². The summed E-state index contributed by atoms with van der Waals surface area (Å²) in [5, 5.41) is 10.5. The molecule has 7 heteroatoms. The molecule has 0 unspecified atom stereocenters. The third kappa shape index (κ3) is 2.69. The third-order valence-corrected chi connectivity index (χ3v) is 4.11. The third-order valence-electron chi connectivity index (χ3n) is 3.30. The van der Waals surface area contributed by atoms with Crippen molar-refractivity contribution in [2.75, 3.05) is 31.1 Å². The largest absolute Gasteiger partial charge is 0.338 e. The number of anilines is 1. The second-order valence-electron chi connectivity index (χ2n) is 4.68. The Bertz CT molecular complexity index is 592. The van der Waals surface area contributed by atoms with Crippen molar-refractivity contribution in [1.82, 2.24) is 20.5 Å². The summed E-state index contributed by atoms with van der Waals surface area (Å²) >= 11 is 3.25. The predicted molar refractivity (Wildman–Crippen MR) is 79.2 cm³/mol. The SMILES string of the molecule is Fc1cccc(-c2nc(N3CCCNCC3)n[nH]2)c1Br. The Labute approximate surface area is 124 Å². The normalized spacial score (nSPS) is 16.2. The van der Waals surface area contributed by atoms with E-state index in [0.717, 1.165) is 32.6 Å². The monoisotopic (exact) mass is 339 g/mol. The van der Waals surface area contributed by atoms with Gasteiger partial charge in [-0.2, -0.15) is 4.98 Å². The van der Waals surface area contributed by atoms with Crippen LogP contribution in [0.3, 0.4) is 0 Å². The van der Waals surface area contributed by atoms with Gasteiger partial charge in [-0.05, 0) is 41.0 Å². The van der Waals surface area contributed by atoms with Gasteiger partial charge in [0.25, 0.3) is 0 Å². The van der Waals surface area contributed by atoms with Crippen molar-refractivity contribution in [1.29, 1.82) is 0 Å². The lowest BCUT2D eigenvalue weighted by Gasteiger charge is -2.16. The van der Waals surface area contributed by atoms with E-state index in [-0.39, 0.29) is 5.82 Å². The van der Waals surface area contributed by atoms with E-state index in [9.17, 15) is 4.39 Å². The molecule has 0 atom stereocenters. The van der Waals surface area contributed by atoms with E-state index < -0.39 is 0 Å². The minimum Gasteiger partial charge on any atom is -0.338 e. The van der Waals surface area contributed by atoms with Crippen LogP contribution in [-0.4, -0.2) is 41.4 Å². The lowest BCUT2D eigenvalue weighted by molar-refractivity contribution is 0.621. The van der Waals surface area contributed by atoms with Gasteiger partial charge in [-0.3, -0.25) is 5.10 Å². The molecule has 2 heterocycles. The number of H-pyrrole nitrogens is 1. The summed E-state index contributed by atoms with van der Waals surface area (Å²) in [6.45, 7) is 3.74. The summed E-state index contributed by atoms with van der Waals surface area (Å²) in [7, 11) is 0. The van der Waals surface area contributed by atoms with Crippen molar-refractivity contribution in [2.45, 2.75) is 6.42 Å². The first kappa shape index (κ1) is 13.5. The highest BCUT2D eigenvalue weighted by molar-refractivity contribution is 9.10. The molecule has 1 aliphatic heterocycles. The van der Waals surface area contributed by atoms with Gasteiger partial charge < -0.3 is 10.2 Å². The summed E-state index contributed by atoms with van der Waals surface area (Å²) in [5.41, 5.74) is 0.677. The highest BCUT2D eigenvalue weighted by Gasteiger charge is 2.16. The van der Waals surface area contributed by atoms with E-state index in [1.165, 1.54) is 6.07 Å². The van der Waals surface area contributed by atoms with Gasteiger partial charge in [0.05, 0.1) is 4.47 Å². The molecule has 1 aromatic heterocycles. The second kappa shape index (κ2) is 5.88. The van der Waals surface area contributed by atoms with Crippen molar-refractivity contribution in [3.63, 3.8) is 0 Å². The first-order chi connectivity index (χ1) is 9.75. The van der Waals surface area contributed by atoms with Gasteiger partial charge in [0.2, 0.25) is 5.95 Å². The molecule has 1 aromatic carbocycles. The molecular weight excluding hydrogens is 325 g/mol. The average Bonchev–Trinajstić information content (AvgIpc) is 2.77. The summed E-state index contributed by atoms with van der Waals surface area (Å²) in [6.07, 6.45) is 1.06. The summed E-state index contributed by atoms with van der Waals surface area (Å²) < 4.78 is 14.0. The van der Waals surface area contributed by atoms with Crippen molar-refractivity contribution in [3.05, 3.63) is 28.5 Å². The topological polar surface area (TPSA) is 56.8 Å². The van der Waals surface area contributed by atoms with E-state index in [4.69, 9.17) is 0 Å². The number of rotatable bonds is 2. The van der Waals surface area contributed by atoms with Crippen molar-refractivity contribution in [3.8, 4) is 11.4 Å². The van der Waals surface area contributed by atoms with Gasteiger partial charge in [0.1, 0.15) is 5.82 Å². The zero-order valence-corrected chi connectivity index (χ0v) is 12.5. The molecule has 20 heavy (non-hydrogen) atoms. The van der Waals surface area contributed by atoms with Gasteiger partial charge in [-0.15, -0.1) is 5.10 Å². The fourth-order valence-electron chi connectivity index (χ4n) is 2.25. The second-order valence-corrected chi connectivity index (χ2v) is 5.47. The average molecular weight is 340 g/mol. The molecule has 1 fully saturated rings. The maximum atomic E-state index is 13.6. The van der Waals surface area contributed by atoms with Crippen molar-refractivity contribution >= 4 is 21.9 Å². The van der Waals surface area contributed by atoms with Crippen molar-refractivity contribution < 1.29 is 4.39 Å². The smallest absolute Gasteiger partial charge is 0.245 e. The number of hydrogen-bond acceptors (Lipinski definition) is 4. The van der Waals surface area contributed by atoms with Gasteiger partial charge in [-0.25, -0.2) is 4.39 Å². The molecule has 0 saturated carbocycles. The molecule has 1 aliphatic rings. The van der Waals surface area contributed by atoms with Crippen LogP contribution in [0.25, 0.3) is 11.4 Å². The molecule has 3 rings (SSSR count). The molecule has 0 spiro atoms. The van der Waals surface area contributed by atoms with Crippen LogP contribution >= 0.6 is 15.9 Å². The molecule has 5 nitrogen and oxygen atoms in total. The van der Waals surface area contributed by atoms with E-state index in [0.29, 0.717) is 21.8 Å². The first-order valence-electron chi connectivity index (χ1n) is 6.58. The van der Waals surface area contributed by atoms with Crippen LogP contribution < -0.4 is 10.2 Å². The van der Waals surface area contributed by atoms with Gasteiger partial charge in [0.15, 0.2) is 5.82 Å². The molecule has 2 aromatic rings. The fraction of sp³-hybridized carbons (Fsp3) is 0.385. The molecule has 0 aliphatic carbocycles. The number of benzene rings is 1. The zero-order chi connectivity index (χ0) is 13.9. The van der Waals surface area contributed by atoms with Crippen LogP contribution in [0.2, 0.25) is 0 Å². The highest BCUT2D eigenvalue weighted by Crippen LogP contribution is 2.28. The van der Waals surface area contributed by atoms with Gasteiger partial charge >= 0.3 is 0 Å². The molecule has 0 bridgehead atoms. The molecular formula is C13H15BrFN5. The Morgan fingerprint density at radius 3 is 3.05 bits per heavy atom.